The quantitative estimate of drug-likeness (QED) is 0.624. The second-order valence-corrected chi connectivity index (χ2v) is 4.88. The van der Waals surface area contributed by atoms with E-state index >= 15 is 0 Å². The van der Waals surface area contributed by atoms with Gasteiger partial charge in [0.05, 0.1) is 0 Å². The van der Waals surface area contributed by atoms with Crippen LogP contribution >= 0.6 is 0 Å². The maximum atomic E-state index is 5.46. The van der Waals surface area contributed by atoms with E-state index in [4.69, 9.17) is 14.2 Å². The van der Waals surface area contributed by atoms with Crippen LogP contribution in [0.2, 0.25) is 0 Å². The monoisotopic (exact) mass is 245 g/mol. The topological polar surface area (TPSA) is 39.7 Å². The van der Waals surface area contributed by atoms with Crippen molar-refractivity contribution in [1.29, 1.82) is 0 Å². The lowest BCUT2D eigenvalue weighted by molar-refractivity contribution is -0.00144. The molecule has 1 aliphatic heterocycles. The van der Waals surface area contributed by atoms with Crippen LogP contribution in [0.1, 0.15) is 25.7 Å². The van der Waals surface area contributed by atoms with Crippen molar-refractivity contribution in [2.45, 2.75) is 25.7 Å². The predicted octanol–water partition coefficient (Wildman–Crippen LogP) is 1.45. The number of methoxy groups -OCH3 is 2. The zero-order valence-corrected chi connectivity index (χ0v) is 11.3. The molecular formula is C13H27NO3. The molecule has 1 rings (SSSR count). The van der Waals surface area contributed by atoms with Gasteiger partial charge in [-0.15, -0.1) is 0 Å². The number of rotatable bonds is 9. The Morgan fingerprint density at radius 2 is 1.82 bits per heavy atom. The molecule has 0 atom stereocenters. The highest BCUT2D eigenvalue weighted by Crippen LogP contribution is 2.33. The van der Waals surface area contributed by atoms with Crippen molar-refractivity contribution >= 4 is 0 Å². The molecule has 17 heavy (non-hydrogen) atoms. The third-order valence-corrected chi connectivity index (χ3v) is 3.59. The van der Waals surface area contributed by atoms with E-state index in [9.17, 15) is 0 Å². The lowest BCUT2D eigenvalue weighted by Crippen LogP contribution is -2.40. The van der Waals surface area contributed by atoms with Crippen LogP contribution in [0.25, 0.3) is 0 Å². The second-order valence-electron chi connectivity index (χ2n) is 4.88. The molecule has 0 radical (unpaired) electrons. The van der Waals surface area contributed by atoms with Gasteiger partial charge in [0.15, 0.2) is 0 Å². The van der Waals surface area contributed by atoms with E-state index in [2.05, 4.69) is 5.32 Å². The van der Waals surface area contributed by atoms with Gasteiger partial charge < -0.3 is 19.5 Å². The van der Waals surface area contributed by atoms with Crippen LogP contribution < -0.4 is 5.32 Å². The summed E-state index contributed by atoms with van der Waals surface area (Å²) >= 11 is 0. The molecule has 0 spiro atoms. The largest absolute Gasteiger partial charge is 0.385 e. The molecule has 1 N–H and O–H groups in total. The lowest BCUT2D eigenvalue weighted by Gasteiger charge is -2.37. The Bertz CT molecular complexity index is 182. The fourth-order valence-corrected chi connectivity index (χ4v) is 2.33. The van der Waals surface area contributed by atoms with E-state index < -0.39 is 0 Å². The van der Waals surface area contributed by atoms with Gasteiger partial charge in [0.1, 0.15) is 0 Å². The maximum absolute atomic E-state index is 5.46. The Hall–Kier alpha value is -0.160. The number of nitrogens with one attached hydrogen (secondary N) is 1. The predicted molar refractivity (Wildman–Crippen MR) is 68.3 cm³/mol. The Kier molecular flexibility index (Phi) is 7.77. The summed E-state index contributed by atoms with van der Waals surface area (Å²) in [7, 11) is 3.53. The van der Waals surface area contributed by atoms with Crippen molar-refractivity contribution in [3.05, 3.63) is 0 Å². The minimum atomic E-state index is 0.376. The summed E-state index contributed by atoms with van der Waals surface area (Å²) in [6, 6.07) is 0. The van der Waals surface area contributed by atoms with Gasteiger partial charge >= 0.3 is 0 Å². The first-order valence-corrected chi connectivity index (χ1v) is 6.59. The fraction of sp³-hybridized carbons (Fsp3) is 1.00. The van der Waals surface area contributed by atoms with Gasteiger partial charge in [0, 0.05) is 47.2 Å². The third kappa shape index (κ3) is 5.82. The summed E-state index contributed by atoms with van der Waals surface area (Å²) in [6.07, 6.45) is 4.50. The summed E-state index contributed by atoms with van der Waals surface area (Å²) in [5.74, 6) is 0. The number of hydrogen-bond acceptors (Lipinski definition) is 4. The molecular weight excluding hydrogens is 218 g/mol. The molecule has 4 nitrogen and oxygen atoms in total. The molecule has 0 aliphatic carbocycles. The van der Waals surface area contributed by atoms with Crippen molar-refractivity contribution in [3.63, 3.8) is 0 Å². The molecule has 0 bridgehead atoms. The molecule has 0 aromatic carbocycles. The summed E-state index contributed by atoms with van der Waals surface area (Å²) in [4.78, 5) is 0. The van der Waals surface area contributed by atoms with Crippen molar-refractivity contribution in [2.75, 3.05) is 53.7 Å². The van der Waals surface area contributed by atoms with Crippen molar-refractivity contribution in [2.24, 2.45) is 5.41 Å². The first-order chi connectivity index (χ1) is 8.33. The van der Waals surface area contributed by atoms with Crippen molar-refractivity contribution in [3.8, 4) is 0 Å². The third-order valence-electron chi connectivity index (χ3n) is 3.59. The van der Waals surface area contributed by atoms with Crippen LogP contribution in [0.4, 0.5) is 0 Å². The molecule has 1 heterocycles. The summed E-state index contributed by atoms with van der Waals surface area (Å²) in [5, 5.41) is 3.55. The molecule has 102 valence electrons. The van der Waals surface area contributed by atoms with Crippen LogP contribution in [0.3, 0.4) is 0 Å². The molecule has 0 amide bonds. The van der Waals surface area contributed by atoms with Crippen LogP contribution in [-0.2, 0) is 14.2 Å². The Balaban J connectivity index is 2.24. The van der Waals surface area contributed by atoms with Gasteiger partial charge in [-0.05, 0) is 37.6 Å². The van der Waals surface area contributed by atoms with E-state index in [1.54, 1.807) is 14.2 Å². The maximum Gasteiger partial charge on any atom is 0.0474 e. The molecule has 1 aliphatic rings. The van der Waals surface area contributed by atoms with Gasteiger partial charge in [-0.1, -0.05) is 0 Å². The van der Waals surface area contributed by atoms with E-state index in [1.165, 1.54) is 0 Å². The standard InChI is InChI=1S/C13H27NO3/c1-15-8-3-7-14-12-13(4-9-16-2)5-10-17-11-6-13/h14H,3-12H2,1-2H3. The molecule has 1 fully saturated rings. The SMILES string of the molecule is COCCCNCC1(CCOC)CCOCC1. The number of hydrogen-bond donors (Lipinski definition) is 1. The molecule has 0 saturated carbocycles. The number of ether oxygens (including phenoxy) is 3. The molecule has 0 unspecified atom stereocenters. The first-order valence-electron chi connectivity index (χ1n) is 6.59. The van der Waals surface area contributed by atoms with Gasteiger partial charge in [-0.2, -0.15) is 0 Å². The highest BCUT2D eigenvalue weighted by atomic mass is 16.5. The smallest absolute Gasteiger partial charge is 0.0474 e. The van der Waals surface area contributed by atoms with E-state index in [0.29, 0.717) is 5.41 Å². The van der Waals surface area contributed by atoms with Crippen LogP contribution in [-0.4, -0.2) is 53.7 Å². The first kappa shape index (κ1) is 14.9. The Morgan fingerprint density at radius 3 is 2.47 bits per heavy atom. The summed E-state index contributed by atoms with van der Waals surface area (Å²) in [6.45, 7) is 5.57. The van der Waals surface area contributed by atoms with Gasteiger partial charge in [0.2, 0.25) is 0 Å². The van der Waals surface area contributed by atoms with E-state index in [0.717, 1.165) is 65.2 Å². The molecule has 0 aromatic rings. The average molecular weight is 245 g/mol. The van der Waals surface area contributed by atoms with Gasteiger partial charge in [-0.3, -0.25) is 0 Å². The highest BCUT2D eigenvalue weighted by Gasteiger charge is 2.31. The minimum Gasteiger partial charge on any atom is -0.385 e. The molecule has 4 heteroatoms. The van der Waals surface area contributed by atoms with Crippen LogP contribution in [0.15, 0.2) is 0 Å². The molecule has 1 saturated heterocycles. The van der Waals surface area contributed by atoms with Crippen LogP contribution in [0.5, 0.6) is 0 Å². The van der Waals surface area contributed by atoms with Crippen molar-refractivity contribution < 1.29 is 14.2 Å². The fourth-order valence-electron chi connectivity index (χ4n) is 2.33. The summed E-state index contributed by atoms with van der Waals surface area (Å²) in [5.41, 5.74) is 0.376. The normalized spacial score (nSPS) is 19.4. The highest BCUT2D eigenvalue weighted by molar-refractivity contribution is 4.84. The van der Waals surface area contributed by atoms with E-state index in [1.807, 2.05) is 0 Å². The zero-order valence-electron chi connectivity index (χ0n) is 11.3. The van der Waals surface area contributed by atoms with E-state index in [-0.39, 0.29) is 0 Å². The second kappa shape index (κ2) is 8.86. The molecule has 0 aromatic heterocycles. The lowest BCUT2D eigenvalue weighted by atomic mass is 9.77. The average Bonchev–Trinajstić information content (AvgIpc) is 2.37. The van der Waals surface area contributed by atoms with Crippen LogP contribution in [0, 0.1) is 5.41 Å². The van der Waals surface area contributed by atoms with Crippen molar-refractivity contribution in [1.82, 2.24) is 5.32 Å². The Labute approximate surface area is 105 Å². The Morgan fingerprint density at radius 1 is 1.12 bits per heavy atom. The van der Waals surface area contributed by atoms with Gasteiger partial charge in [-0.25, -0.2) is 0 Å². The minimum absolute atomic E-state index is 0.376. The summed E-state index contributed by atoms with van der Waals surface area (Å²) < 4.78 is 15.7. The zero-order chi connectivity index (χ0) is 12.4. The van der Waals surface area contributed by atoms with Gasteiger partial charge in [0.25, 0.3) is 0 Å².